The van der Waals surface area contributed by atoms with Gasteiger partial charge in [0.25, 0.3) is 0 Å². The Kier molecular flexibility index (Phi) is 2.93. The van der Waals surface area contributed by atoms with Crippen molar-refractivity contribution >= 4 is 0 Å². The zero-order valence-electron chi connectivity index (χ0n) is 9.54. The van der Waals surface area contributed by atoms with Crippen LogP contribution >= 0.6 is 0 Å². The van der Waals surface area contributed by atoms with Gasteiger partial charge in [-0.2, -0.15) is 0 Å². The summed E-state index contributed by atoms with van der Waals surface area (Å²) in [6.45, 7) is 2.88. The van der Waals surface area contributed by atoms with Gasteiger partial charge in [0, 0.05) is 37.7 Å². The first-order valence-electron chi connectivity index (χ1n) is 6.31. The lowest BCUT2D eigenvalue weighted by Crippen LogP contribution is -2.28. The molecule has 3 rings (SSSR count). The topological polar surface area (TPSA) is 50.1 Å². The highest BCUT2D eigenvalue weighted by Gasteiger charge is 2.27. The summed E-state index contributed by atoms with van der Waals surface area (Å²) < 4.78 is 5.29. The Morgan fingerprint density at radius 1 is 1.25 bits per heavy atom. The Morgan fingerprint density at radius 2 is 2.12 bits per heavy atom. The van der Waals surface area contributed by atoms with E-state index in [4.69, 9.17) is 4.52 Å². The molecule has 0 bridgehead atoms. The Morgan fingerprint density at radius 3 is 2.88 bits per heavy atom. The molecule has 2 N–H and O–H groups in total. The summed E-state index contributed by atoms with van der Waals surface area (Å²) in [5.74, 6) is 1.74. The highest BCUT2D eigenvalue weighted by molar-refractivity contribution is 5.14. The number of rotatable bonds is 7. The second kappa shape index (κ2) is 4.55. The first-order chi connectivity index (χ1) is 7.92. The third kappa shape index (κ3) is 2.83. The van der Waals surface area contributed by atoms with Crippen molar-refractivity contribution in [2.24, 2.45) is 0 Å². The number of nitrogens with one attached hydrogen (secondary N) is 2. The maximum Gasteiger partial charge on any atom is 0.140 e. The molecule has 2 aliphatic carbocycles. The lowest BCUT2D eigenvalue weighted by molar-refractivity contribution is 0.376. The van der Waals surface area contributed by atoms with E-state index in [1.807, 2.05) is 0 Å². The van der Waals surface area contributed by atoms with E-state index in [1.54, 1.807) is 0 Å². The molecule has 4 heteroatoms. The minimum Gasteiger partial charge on any atom is -0.361 e. The van der Waals surface area contributed by atoms with Crippen molar-refractivity contribution in [3.05, 3.63) is 17.5 Å². The predicted molar refractivity (Wildman–Crippen MR) is 61.2 cm³/mol. The summed E-state index contributed by atoms with van der Waals surface area (Å²) in [7, 11) is 0. The summed E-state index contributed by atoms with van der Waals surface area (Å²) in [6.07, 6.45) is 5.25. The molecule has 88 valence electrons. The van der Waals surface area contributed by atoms with Gasteiger partial charge in [-0.15, -0.1) is 0 Å². The van der Waals surface area contributed by atoms with Gasteiger partial charge in [-0.3, -0.25) is 0 Å². The van der Waals surface area contributed by atoms with Gasteiger partial charge in [0.1, 0.15) is 5.76 Å². The summed E-state index contributed by atoms with van der Waals surface area (Å²) in [5.41, 5.74) is 1.04. The van der Waals surface area contributed by atoms with E-state index in [0.717, 1.165) is 37.1 Å². The summed E-state index contributed by atoms with van der Waals surface area (Å²) in [5, 5.41) is 10.9. The second-order valence-corrected chi connectivity index (χ2v) is 4.90. The lowest BCUT2D eigenvalue weighted by atomic mass is 10.3. The molecule has 2 fully saturated rings. The van der Waals surface area contributed by atoms with E-state index in [1.165, 1.54) is 25.7 Å². The Hall–Kier alpha value is -0.870. The van der Waals surface area contributed by atoms with Gasteiger partial charge in [-0.25, -0.2) is 0 Å². The molecule has 1 aromatic rings. The molecule has 0 radical (unpaired) electrons. The first kappa shape index (κ1) is 10.3. The van der Waals surface area contributed by atoms with E-state index >= 15 is 0 Å². The molecule has 4 nitrogen and oxygen atoms in total. The highest BCUT2D eigenvalue weighted by Crippen LogP contribution is 2.40. The molecule has 0 unspecified atom stereocenters. The Bertz CT molecular complexity index is 342. The van der Waals surface area contributed by atoms with Crippen LogP contribution < -0.4 is 10.6 Å². The minimum absolute atomic E-state index is 0.665. The van der Waals surface area contributed by atoms with Crippen LogP contribution in [0.2, 0.25) is 0 Å². The van der Waals surface area contributed by atoms with E-state index in [9.17, 15) is 0 Å². The third-order valence-corrected chi connectivity index (χ3v) is 3.18. The zero-order valence-corrected chi connectivity index (χ0v) is 9.54. The van der Waals surface area contributed by atoms with Crippen molar-refractivity contribution < 1.29 is 4.52 Å². The summed E-state index contributed by atoms with van der Waals surface area (Å²) in [6, 6.07) is 2.90. The molecule has 0 amide bonds. The van der Waals surface area contributed by atoms with Crippen LogP contribution in [-0.4, -0.2) is 24.3 Å². The van der Waals surface area contributed by atoms with Crippen LogP contribution in [0.5, 0.6) is 0 Å². The van der Waals surface area contributed by atoms with Gasteiger partial charge < -0.3 is 15.2 Å². The first-order valence-corrected chi connectivity index (χ1v) is 6.31. The van der Waals surface area contributed by atoms with Crippen LogP contribution in [0, 0.1) is 0 Å². The summed E-state index contributed by atoms with van der Waals surface area (Å²) in [4.78, 5) is 0. The summed E-state index contributed by atoms with van der Waals surface area (Å²) >= 11 is 0. The van der Waals surface area contributed by atoms with Gasteiger partial charge in [0.15, 0.2) is 0 Å². The lowest BCUT2D eigenvalue weighted by Gasteiger charge is -2.02. The molecule has 16 heavy (non-hydrogen) atoms. The molecule has 0 saturated heterocycles. The molecule has 1 aromatic heterocycles. The molecule has 2 aliphatic rings. The molecule has 0 aromatic carbocycles. The zero-order chi connectivity index (χ0) is 10.8. The normalized spacial score (nSPS) is 20.2. The van der Waals surface area contributed by atoms with Gasteiger partial charge in [0.2, 0.25) is 0 Å². The molecule has 1 heterocycles. The second-order valence-electron chi connectivity index (χ2n) is 4.90. The molecular weight excluding hydrogens is 202 g/mol. The third-order valence-electron chi connectivity index (χ3n) is 3.18. The number of hydrogen-bond donors (Lipinski definition) is 2. The standard InChI is InChI=1S/C12H19N3O/c1-2-9(1)12-7-11(15-16-12)8-13-5-6-14-10-3-4-10/h7,9-10,13-14H,1-6,8H2. The fraction of sp³-hybridized carbons (Fsp3) is 0.750. The Balaban J connectivity index is 1.33. The van der Waals surface area contributed by atoms with E-state index < -0.39 is 0 Å². The van der Waals surface area contributed by atoms with Crippen molar-refractivity contribution in [1.82, 2.24) is 15.8 Å². The fourth-order valence-corrected chi connectivity index (χ4v) is 1.84. The van der Waals surface area contributed by atoms with Gasteiger partial charge in [0.05, 0.1) is 5.69 Å². The Labute approximate surface area is 95.8 Å². The smallest absolute Gasteiger partial charge is 0.140 e. The molecular formula is C12H19N3O. The van der Waals surface area contributed by atoms with Crippen LogP contribution in [0.15, 0.2) is 10.6 Å². The molecule has 0 atom stereocenters. The van der Waals surface area contributed by atoms with Gasteiger partial charge in [-0.1, -0.05) is 5.16 Å². The van der Waals surface area contributed by atoms with Crippen molar-refractivity contribution in [2.75, 3.05) is 13.1 Å². The minimum atomic E-state index is 0.665. The van der Waals surface area contributed by atoms with Gasteiger partial charge >= 0.3 is 0 Å². The van der Waals surface area contributed by atoms with Crippen LogP contribution in [-0.2, 0) is 6.54 Å². The molecule has 2 saturated carbocycles. The highest BCUT2D eigenvalue weighted by atomic mass is 16.5. The number of nitrogens with zero attached hydrogens (tertiary/aromatic N) is 1. The van der Waals surface area contributed by atoms with Gasteiger partial charge in [-0.05, 0) is 25.7 Å². The van der Waals surface area contributed by atoms with Crippen molar-refractivity contribution in [2.45, 2.75) is 44.2 Å². The molecule has 0 aliphatic heterocycles. The maximum atomic E-state index is 5.29. The number of hydrogen-bond acceptors (Lipinski definition) is 4. The van der Waals surface area contributed by atoms with Crippen molar-refractivity contribution in [3.8, 4) is 0 Å². The van der Waals surface area contributed by atoms with Crippen molar-refractivity contribution in [1.29, 1.82) is 0 Å². The largest absolute Gasteiger partial charge is 0.361 e. The SMILES string of the molecule is c1c(CNCCNC2CC2)noc1C1CC1. The fourth-order valence-electron chi connectivity index (χ4n) is 1.84. The van der Waals surface area contributed by atoms with E-state index in [0.29, 0.717) is 5.92 Å². The van der Waals surface area contributed by atoms with Crippen LogP contribution in [0.1, 0.15) is 43.1 Å². The number of aromatic nitrogens is 1. The van der Waals surface area contributed by atoms with Crippen LogP contribution in [0.25, 0.3) is 0 Å². The maximum absolute atomic E-state index is 5.29. The average molecular weight is 221 g/mol. The van der Waals surface area contributed by atoms with Crippen LogP contribution in [0.3, 0.4) is 0 Å². The van der Waals surface area contributed by atoms with Crippen LogP contribution in [0.4, 0.5) is 0 Å². The quantitative estimate of drug-likeness (QED) is 0.683. The van der Waals surface area contributed by atoms with Crippen molar-refractivity contribution in [3.63, 3.8) is 0 Å². The average Bonchev–Trinajstić information content (AvgIpc) is 3.19. The van der Waals surface area contributed by atoms with E-state index in [2.05, 4.69) is 21.9 Å². The predicted octanol–water partition coefficient (Wildman–Crippen LogP) is 1.39. The van der Waals surface area contributed by atoms with E-state index in [-0.39, 0.29) is 0 Å². The molecule has 0 spiro atoms. The monoisotopic (exact) mass is 221 g/mol.